The molecule has 0 unspecified atom stereocenters. The number of rotatable bonds is 2. The summed E-state index contributed by atoms with van der Waals surface area (Å²) in [6, 6.07) is 9.33. The fourth-order valence-corrected chi connectivity index (χ4v) is 3.38. The van der Waals surface area contributed by atoms with Crippen molar-refractivity contribution in [3.8, 4) is 11.5 Å². The number of hydrogen-bond donors (Lipinski definition) is 1. The van der Waals surface area contributed by atoms with Gasteiger partial charge in [0.05, 0.1) is 0 Å². The SMILES string of the molecule is C=c1ccc2c(c1)Oc1cc(C)ccc1C=2c1c(F)c(F)c(F)c(F)c1C(=O)O. The van der Waals surface area contributed by atoms with Gasteiger partial charge in [0.25, 0.3) is 0 Å². The van der Waals surface area contributed by atoms with E-state index in [0.29, 0.717) is 5.22 Å². The molecule has 0 fully saturated rings. The Morgan fingerprint density at radius 3 is 2.31 bits per heavy atom. The summed E-state index contributed by atoms with van der Waals surface area (Å²) in [5.74, 6) is -9.55. The minimum atomic E-state index is -2.19. The van der Waals surface area contributed by atoms with Crippen molar-refractivity contribution in [2.75, 3.05) is 0 Å². The number of carboxylic acid groups (broad SMARTS) is 1. The molecule has 3 nitrogen and oxygen atoms in total. The molecule has 0 bridgehead atoms. The molecule has 0 radical (unpaired) electrons. The van der Waals surface area contributed by atoms with Crippen LogP contribution in [0.5, 0.6) is 11.5 Å². The van der Waals surface area contributed by atoms with E-state index >= 15 is 0 Å². The Balaban J connectivity index is 2.27. The van der Waals surface area contributed by atoms with E-state index in [0.717, 1.165) is 5.56 Å². The molecule has 1 N–H and O–H groups in total. The smallest absolute Gasteiger partial charge is 0.339 e. The first-order chi connectivity index (χ1) is 13.7. The number of halogens is 4. The van der Waals surface area contributed by atoms with Gasteiger partial charge in [0.1, 0.15) is 17.1 Å². The quantitative estimate of drug-likeness (QED) is 0.314. The molecule has 1 aliphatic rings. The van der Waals surface area contributed by atoms with Gasteiger partial charge < -0.3 is 9.84 Å². The van der Waals surface area contributed by atoms with Crippen LogP contribution in [0.2, 0.25) is 0 Å². The normalized spacial score (nSPS) is 12.2. The maximum Gasteiger partial charge on any atom is 0.339 e. The summed E-state index contributed by atoms with van der Waals surface area (Å²) in [6.07, 6.45) is 0. The Morgan fingerprint density at radius 1 is 0.931 bits per heavy atom. The second kappa shape index (κ2) is 6.48. The molecule has 3 aromatic rings. The molecule has 146 valence electrons. The van der Waals surface area contributed by atoms with E-state index in [4.69, 9.17) is 4.74 Å². The fraction of sp³-hybridized carbons (Fsp3) is 0.0455. The van der Waals surface area contributed by atoms with E-state index in [9.17, 15) is 27.5 Å². The Bertz CT molecular complexity index is 1330. The Morgan fingerprint density at radius 2 is 1.62 bits per heavy atom. The summed E-state index contributed by atoms with van der Waals surface area (Å²) in [4.78, 5) is 11.7. The van der Waals surface area contributed by atoms with Crippen LogP contribution in [0, 0.1) is 30.2 Å². The van der Waals surface area contributed by atoms with Gasteiger partial charge in [-0.1, -0.05) is 30.8 Å². The van der Waals surface area contributed by atoms with Gasteiger partial charge in [0, 0.05) is 21.9 Å². The highest BCUT2D eigenvalue weighted by Crippen LogP contribution is 2.40. The van der Waals surface area contributed by atoms with Crippen LogP contribution in [0.15, 0.2) is 36.4 Å². The second-order valence-electron chi connectivity index (χ2n) is 6.62. The summed E-state index contributed by atoms with van der Waals surface area (Å²) in [5.41, 5.74) is -1.30. The van der Waals surface area contributed by atoms with Crippen LogP contribution < -0.4 is 15.2 Å². The second-order valence-corrected chi connectivity index (χ2v) is 6.62. The summed E-state index contributed by atoms with van der Waals surface area (Å²) in [7, 11) is 0. The molecule has 0 amide bonds. The zero-order valence-corrected chi connectivity index (χ0v) is 14.9. The molecule has 1 heterocycles. The van der Waals surface area contributed by atoms with E-state index in [1.807, 2.05) is 0 Å². The first-order valence-electron chi connectivity index (χ1n) is 8.42. The number of aryl methyl sites for hydroxylation is 1. The van der Waals surface area contributed by atoms with Crippen molar-refractivity contribution in [2.45, 2.75) is 6.92 Å². The molecule has 0 atom stereocenters. The third-order valence-electron chi connectivity index (χ3n) is 4.67. The maximum atomic E-state index is 14.9. The molecule has 4 rings (SSSR count). The molecule has 0 saturated carbocycles. The van der Waals surface area contributed by atoms with Crippen LogP contribution in [0.1, 0.15) is 27.0 Å². The molecule has 3 aromatic carbocycles. The molecule has 0 saturated heterocycles. The lowest BCUT2D eigenvalue weighted by Crippen LogP contribution is -2.23. The van der Waals surface area contributed by atoms with Gasteiger partial charge in [0.15, 0.2) is 23.3 Å². The molecule has 1 aliphatic heterocycles. The van der Waals surface area contributed by atoms with Crippen molar-refractivity contribution in [1.82, 2.24) is 0 Å². The Kier molecular flexibility index (Phi) is 4.19. The predicted octanol–water partition coefficient (Wildman–Crippen LogP) is 4.01. The van der Waals surface area contributed by atoms with Crippen molar-refractivity contribution >= 4 is 18.1 Å². The van der Waals surface area contributed by atoms with Crippen LogP contribution in [-0.2, 0) is 0 Å². The monoisotopic (exact) mass is 400 g/mol. The van der Waals surface area contributed by atoms with E-state index < -0.39 is 40.4 Å². The zero-order valence-electron chi connectivity index (χ0n) is 14.9. The first kappa shape index (κ1) is 18.7. The molecule has 0 aromatic heterocycles. The van der Waals surface area contributed by atoms with Crippen LogP contribution in [0.4, 0.5) is 17.6 Å². The highest BCUT2D eigenvalue weighted by molar-refractivity contribution is 5.98. The van der Waals surface area contributed by atoms with Gasteiger partial charge in [-0.05, 0) is 29.8 Å². The molecule has 0 aliphatic carbocycles. The number of ether oxygens (including phenoxy) is 1. The van der Waals surface area contributed by atoms with Crippen LogP contribution in [0.3, 0.4) is 0 Å². The van der Waals surface area contributed by atoms with Crippen LogP contribution >= 0.6 is 0 Å². The predicted molar refractivity (Wildman–Crippen MR) is 97.3 cm³/mol. The van der Waals surface area contributed by atoms with Crippen molar-refractivity contribution in [3.05, 3.63) is 92.4 Å². The third-order valence-corrected chi connectivity index (χ3v) is 4.67. The number of aromatic carboxylic acids is 1. The van der Waals surface area contributed by atoms with Gasteiger partial charge in [-0.2, -0.15) is 0 Å². The zero-order chi connectivity index (χ0) is 21.0. The highest BCUT2D eigenvalue weighted by atomic mass is 19.2. The summed E-state index contributed by atoms with van der Waals surface area (Å²) < 4.78 is 62.9. The van der Waals surface area contributed by atoms with Gasteiger partial charge in [-0.15, -0.1) is 0 Å². The molecule has 29 heavy (non-hydrogen) atoms. The average molecular weight is 400 g/mol. The highest BCUT2D eigenvalue weighted by Gasteiger charge is 2.33. The summed E-state index contributed by atoms with van der Waals surface area (Å²) in [5, 5.41) is 10.2. The lowest BCUT2D eigenvalue weighted by Gasteiger charge is -2.23. The van der Waals surface area contributed by atoms with Gasteiger partial charge >= 0.3 is 5.97 Å². The van der Waals surface area contributed by atoms with Crippen molar-refractivity contribution in [1.29, 1.82) is 0 Å². The minimum Gasteiger partial charge on any atom is -0.478 e. The Labute approximate surface area is 161 Å². The topological polar surface area (TPSA) is 46.5 Å². The largest absolute Gasteiger partial charge is 0.478 e. The molecule has 7 heteroatoms. The van der Waals surface area contributed by atoms with Gasteiger partial charge in [-0.3, -0.25) is 0 Å². The van der Waals surface area contributed by atoms with Gasteiger partial charge in [-0.25, -0.2) is 22.4 Å². The Hall–Kier alpha value is -3.61. The number of carboxylic acids is 1. The fourth-order valence-electron chi connectivity index (χ4n) is 3.38. The van der Waals surface area contributed by atoms with Crippen molar-refractivity contribution in [2.24, 2.45) is 0 Å². The molecule has 0 spiro atoms. The number of carbonyl (C=O) groups is 1. The summed E-state index contributed by atoms with van der Waals surface area (Å²) >= 11 is 0. The lowest BCUT2D eigenvalue weighted by molar-refractivity contribution is 0.0689. The molecular weight excluding hydrogens is 388 g/mol. The van der Waals surface area contributed by atoms with Crippen molar-refractivity contribution < 1.29 is 32.2 Å². The maximum absolute atomic E-state index is 14.9. The van der Waals surface area contributed by atoms with E-state index in [-0.39, 0.29) is 27.9 Å². The van der Waals surface area contributed by atoms with Crippen LogP contribution in [0.25, 0.3) is 12.2 Å². The number of benzene rings is 3. The number of hydrogen-bond acceptors (Lipinski definition) is 2. The molecular formula is C22H12F4O3. The van der Waals surface area contributed by atoms with E-state index in [2.05, 4.69) is 6.58 Å². The minimum absolute atomic E-state index is 0.117. The number of fused-ring (bicyclic) bond motifs is 2. The third kappa shape index (κ3) is 2.77. The first-order valence-corrected chi connectivity index (χ1v) is 8.42. The van der Waals surface area contributed by atoms with Gasteiger partial charge in [0.2, 0.25) is 0 Å². The van der Waals surface area contributed by atoms with E-state index in [1.165, 1.54) is 18.2 Å². The van der Waals surface area contributed by atoms with Crippen molar-refractivity contribution in [3.63, 3.8) is 0 Å². The van der Waals surface area contributed by atoms with E-state index in [1.54, 1.807) is 25.1 Å². The van der Waals surface area contributed by atoms with Crippen LogP contribution in [-0.4, -0.2) is 11.1 Å². The lowest BCUT2D eigenvalue weighted by atomic mass is 9.88. The standard InChI is InChI=1S/C22H12F4O3/c1-9-3-5-11-13(7-9)29-14-8-10(2)4-6-12(14)15(11)16-17(22(27)28)19(24)21(26)20(25)18(16)23/h3-8H,1H2,2H3,(H,27,28). The average Bonchev–Trinajstić information content (AvgIpc) is 2.66. The summed E-state index contributed by atoms with van der Waals surface area (Å²) in [6.45, 7) is 5.55.